The molecule has 5 heteroatoms. The second-order valence-electron chi connectivity index (χ2n) is 5.42. The van der Waals surface area contributed by atoms with Crippen LogP contribution in [0.15, 0.2) is 6.07 Å². The van der Waals surface area contributed by atoms with Crippen LogP contribution in [0.5, 0.6) is 0 Å². The van der Waals surface area contributed by atoms with Crippen molar-refractivity contribution in [1.82, 2.24) is 20.4 Å². The fourth-order valence-electron chi connectivity index (χ4n) is 1.93. The van der Waals surface area contributed by atoms with Gasteiger partial charge >= 0.3 is 0 Å². The zero-order valence-corrected chi connectivity index (χ0v) is 13.2. The summed E-state index contributed by atoms with van der Waals surface area (Å²) in [6, 6.07) is 2.13. The molecule has 1 heterocycles. The van der Waals surface area contributed by atoms with Gasteiger partial charge in [0.1, 0.15) is 0 Å². The lowest BCUT2D eigenvalue weighted by molar-refractivity contribution is -0.121. The molecule has 0 aliphatic carbocycles. The molecule has 0 fully saturated rings. The molecule has 0 saturated carbocycles. The van der Waals surface area contributed by atoms with E-state index >= 15 is 0 Å². The maximum atomic E-state index is 11.6. The Bertz CT molecular complexity index is 412. The van der Waals surface area contributed by atoms with Crippen LogP contribution in [0.3, 0.4) is 0 Å². The highest BCUT2D eigenvalue weighted by molar-refractivity contribution is 5.76. The largest absolute Gasteiger partial charge is 0.356 e. The van der Waals surface area contributed by atoms with Gasteiger partial charge in [0.15, 0.2) is 0 Å². The first-order valence-corrected chi connectivity index (χ1v) is 7.59. The van der Waals surface area contributed by atoms with Crippen molar-refractivity contribution in [2.75, 3.05) is 13.1 Å². The second kappa shape index (κ2) is 8.74. The summed E-state index contributed by atoms with van der Waals surface area (Å²) >= 11 is 0. The van der Waals surface area contributed by atoms with E-state index in [1.54, 1.807) is 0 Å². The molecule has 114 valence electrons. The van der Waals surface area contributed by atoms with Crippen LogP contribution in [0.25, 0.3) is 0 Å². The Morgan fingerprint density at radius 3 is 2.75 bits per heavy atom. The van der Waals surface area contributed by atoms with Crippen LogP contribution in [-0.2, 0) is 24.3 Å². The zero-order valence-electron chi connectivity index (χ0n) is 13.2. The molecule has 1 amide bonds. The van der Waals surface area contributed by atoms with Crippen molar-refractivity contribution in [2.45, 2.75) is 53.6 Å². The molecule has 0 radical (unpaired) electrons. The number of aryl methyl sites for hydroxylation is 2. The number of amides is 1. The fraction of sp³-hybridized carbons (Fsp3) is 0.733. The van der Waals surface area contributed by atoms with E-state index in [-0.39, 0.29) is 5.91 Å². The van der Waals surface area contributed by atoms with Gasteiger partial charge in [0, 0.05) is 32.6 Å². The van der Waals surface area contributed by atoms with Crippen LogP contribution < -0.4 is 10.6 Å². The highest BCUT2D eigenvalue weighted by Gasteiger charge is 2.06. The van der Waals surface area contributed by atoms with E-state index in [1.807, 2.05) is 4.68 Å². The monoisotopic (exact) mass is 280 g/mol. The summed E-state index contributed by atoms with van der Waals surface area (Å²) in [5.74, 6) is 0.614. The van der Waals surface area contributed by atoms with Gasteiger partial charge in [0.25, 0.3) is 0 Å². The maximum absolute atomic E-state index is 11.6. The third-order valence-electron chi connectivity index (χ3n) is 3.12. The first-order valence-electron chi connectivity index (χ1n) is 7.59. The van der Waals surface area contributed by atoms with Gasteiger partial charge < -0.3 is 10.6 Å². The van der Waals surface area contributed by atoms with E-state index in [4.69, 9.17) is 0 Å². The van der Waals surface area contributed by atoms with Crippen LogP contribution in [0.4, 0.5) is 0 Å². The van der Waals surface area contributed by atoms with Crippen LogP contribution in [0.1, 0.15) is 45.5 Å². The molecular formula is C15H28N4O. The van der Waals surface area contributed by atoms with Crippen LogP contribution in [0, 0.1) is 5.92 Å². The molecule has 1 rings (SSSR count). The number of carbonyl (C=O) groups excluding carboxylic acids is 1. The Balaban J connectivity index is 2.27. The fourth-order valence-corrected chi connectivity index (χ4v) is 1.93. The Morgan fingerprint density at radius 2 is 2.15 bits per heavy atom. The summed E-state index contributed by atoms with van der Waals surface area (Å²) in [7, 11) is 0. The van der Waals surface area contributed by atoms with Gasteiger partial charge in [-0.3, -0.25) is 9.48 Å². The molecule has 0 aliphatic rings. The number of hydrogen-bond acceptors (Lipinski definition) is 3. The number of nitrogens with one attached hydrogen (secondary N) is 2. The van der Waals surface area contributed by atoms with Gasteiger partial charge in [-0.05, 0) is 25.3 Å². The molecule has 1 aromatic heterocycles. The number of carbonyl (C=O) groups is 1. The molecule has 2 N–H and O–H groups in total. The normalized spacial score (nSPS) is 11.1. The lowest BCUT2D eigenvalue weighted by Crippen LogP contribution is -2.30. The summed E-state index contributed by atoms with van der Waals surface area (Å²) in [5.41, 5.74) is 2.31. The second-order valence-corrected chi connectivity index (χ2v) is 5.42. The van der Waals surface area contributed by atoms with E-state index < -0.39 is 0 Å². The molecule has 5 nitrogen and oxygen atoms in total. The number of nitrogens with zero attached hydrogens (tertiary/aromatic N) is 2. The molecule has 0 bridgehead atoms. The predicted molar refractivity (Wildman–Crippen MR) is 81.5 cm³/mol. The Hall–Kier alpha value is -1.36. The smallest absolute Gasteiger partial charge is 0.221 e. The SMILES string of the molecule is CCc1cc(CNCCC(=O)NCC(C)C)n(CC)n1. The first-order chi connectivity index (χ1) is 9.56. The van der Waals surface area contributed by atoms with E-state index in [2.05, 4.69) is 49.5 Å². The molecular weight excluding hydrogens is 252 g/mol. The lowest BCUT2D eigenvalue weighted by Gasteiger charge is -2.09. The number of aromatic nitrogens is 2. The average Bonchev–Trinajstić information content (AvgIpc) is 2.83. The van der Waals surface area contributed by atoms with Gasteiger partial charge in [-0.1, -0.05) is 20.8 Å². The highest BCUT2D eigenvalue weighted by atomic mass is 16.1. The lowest BCUT2D eigenvalue weighted by atomic mass is 10.2. The summed E-state index contributed by atoms with van der Waals surface area (Å²) in [4.78, 5) is 11.6. The third-order valence-corrected chi connectivity index (χ3v) is 3.12. The number of hydrogen-bond donors (Lipinski definition) is 2. The molecule has 0 saturated heterocycles. The Labute approximate surface area is 122 Å². The van der Waals surface area contributed by atoms with E-state index in [1.165, 1.54) is 5.69 Å². The molecule has 0 spiro atoms. The van der Waals surface area contributed by atoms with Crippen LogP contribution in [-0.4, -0.2) is 28.8 Å². The van der Waals surface area contributed by atoms with Crippen molar-refractivity contribution in [3.63, 3.8) is 0 Å². The summed E-state index contributed by atoms with van der Waals surface area (Å²) < 4.78 is 2.02. The van der Waals surface area contributed by atoms with Crippen LogP contribution in [0.2, 0.25) is 0 Å². The van der Waals surface area contributed by atoms with Crippen molar-refractivity contribution in [3.8, 4) is 0 Å². The minimum atomic E-state index is 0.115. The van der Waals surface area contributed by atoms with Crippen molar-refractivity contribution >= 4 is 5.91 Å². The van der Waals surface area contributed by atoms with Crippen LogP contribution >= 0.6 is 0 Å². The van der Waals surface area contributed by atoms with Gasteiger partial charge in [0.05, 0.1) is 11.4 Å². The number of rotatable bonds is 9. The predicted octanol–water partition coefficient (Wildman–Crippen LogP) is 1.72. The Kier molecular flexibility index (Phi) is 7.30. The van der Waals surface area contributed by atoms with Crippen molar-refractivity contribution < 1.29 is 4.79 Å². The molecule has 0 unspecified atom stereocenters. The molecule has 0 atom stereocenters. The first kappa shape index (κ1) is 16.7. The Morgan fingerprint density at radius 1 is 1.40 bits per heavy atom. The summed E-state index contributed by atoms with van der Waals surface area (Å²) in [5, 5.41) is 10.7. The molecule has 0 aliphatic heterocycles. The van der Waals surface area contributed by atoms with Crippen molar-refractivity contribution in [1.29, 1.82) is 0 Å². The van der Waals surface area contributed by atoms with Crippen molar-refractivity contribution in [3.05, 3.63) is 17.5 Å². The minimum Gasteiger partial charge on any atom is -0.356 e. The third kappa shape index (κ3) is 5.74. The van der Waals surface area contributed by atoms with E-state index in [9.17, 15) is 4.79 Å². The zero-order chi connectivity index (χ0) is 15.0. The van der Waals surface area contributed by atoms with Gasteiger partial charge in [-0.15, -0.1) is 0 Å². The quantitative estimate of drug-likeness (QED) is 0.677. The summed E-state index contributed by atoms with van der Waals surface area (Å²) in [6.07, 6.45) is 1.48. The van der Waals surface area contributed by atoms with Gasteiger partial charge in [-0.2, -0.15) is 5.10 Å². The van der Waals surface area contributed by atoms with Crippen molar-refractivity contribution in [2.24, 2.45) is 5.92 Å². The topological polar surface area (TPSA) is 59.0 Å². The average molecular weight is 280 g/mol. The standard InChI is InChI=1S/C15H28N4O/c1-5-13-9-14(19(6-2)18-13)11-16-8-7-15(20)17-10-12(3)4/h9,12,16H,5-8,10-11H2,1-4H3,(H,17,20). The molecule has 1 aromatic rings. The summed E-state index contributed by atoms with van der Waals surface area (Å²) in [6.45, 7) is 11.5. The molecule has 0 aromatic carbocycles. The van der Waals surface area contributed by atoms with Gasteiger partial charge in [-0.25, -0.2) is 0 Å². The van der Waals surface area contributed by atoms with Gasteiger partial charge in [0.2, 0.25) is 5.91 Å². The maximum Gasteiger partial charge on any atom is 0.221 e. The minimum absolute atomic E-state index is 0.115. The van der Waals surface area contributed by atoms with E-state index in [0.717, 1.165) is 31.7 Å². The highest BCUT2D eigenvalue weighted by Crippen LogP contribution is 2.05. The van der Waals surface area contributed by atoms with E-state index in [0.29, 0.717) is 18.9 Å². The molecule has 20 heavy (non-hydrogen) atoms.